The van der Waals surface area contributed by atoms with Gasteiger partial charge >= 0.3 is 0 Å². The van der Waals surface area contributed by atoms with Crippen LogP contribution in [0.15, 0.2) is 24.2 Å². The molecule has 3 heteroatoms. The van der Waals surface area contributed by atoms with Crippen molar-refractivity contribution < 1.29 is 0 Å². The second kappa shape index (κ2) is 4.52. The zero-order valence-corrected chi connectivity index (χ0v) is 7.25. The maximum absolute atomic E-state index is 4.15. The van der Waals surface area contributed by atoms with E-state index in [0.717, 1.165) is 11.5 Å². The van der Waals surface area contributed by atoms with Gasteiger partial charge < -0.3 is 0 Å². The molecule has 0 spiro atoms. The Morgan fingerprint density at radius 2 is 2.70 bits per heavy atom. The maximum atomic E-state index is 4.15. The molecule has 0 saturated carbocycles. The highest BCUT2D eigenvalue weighted by Gasteiger charge is 1.92. The summed E-state index contributed by atoms with van der Waals surface area (Å²) < 4.78 is 0. The SMILES string of the molecule is C=CCSCc1nccs1. The number of hydrogen-bond donors (Lipinski definition) is 0. The standard InChI is InChI=1S/C7H9NS2/c1-2-4-9-6-7-8-3-5-10-7/h2-3,5H,1,4,6H2. The third-order valence-corrected chi connectivity index (χ3v) is 2.86. The van der Waals surface area contributed by atoms with E-state index in [1.807, 2.05) is 29.4 Å². The topological polar surface area (TPSA) is 12.9 Å². The van der Waals surface area contributed by atoms with Crippen LogP contribution in [0.3, 0.4) is 0 Å². The van der Waals surface area contributed by atoms with Gasteiger partial charge in [0.1, 0.15) is 5.01 Å². The Morgan fingerprint density at radius 1 is 1.80 bits per heavy atom. The van der Waals surface area contributed by atoms with Crippen LogP contribution in [0.1, 0.15) is 5.01 Å². The van der Waals surface area contributed by atoms with Crippen LogP contribution in [0.5, 0.6) is 0 Å². The van der Waals surface area contributed by atoms with Crippen molar-refractivity contribution in [1.29, 1.82) is 0 Å². The molecule has 0 aliphatic heterocycles. The van der Waals surface area contributed by atoms with Gasteiger partial charge in [-0.3, -0.25) is 0 Å². The first-order chi connectivity index (χ1) is 4.93. The fraction of sp³-hybridized carbons (Fsp3) is 0.286. The fourth-order valence-corrected chi connectivity index (χ4v) is 2.01. The summed E-state index contributed by atoms with van der Waals surface area (Å²) in [6.45, 7) is 3.64. The lowest BCUT2D eigenvalue weighted by Gasteiger charge is -1.90. The highest BCUT2D eigenvalue weighted by Crippen LogP contribution is 2.13. The van der Waals surface area contributed by atoms with Crippen LogP contribution in [-0.4, -0.2) is 10.7 Å². The molecule has 0 aromatic carbocycles. The van der Waals surface area contributed by atoms with Crippen molar-refractivity contribution in [1.82, 2.24) is 4.98 Å². The molecule has 0 atom stereocenters. The van der Waals surface area contributed by atoms with Crippen molar-refractivity contribution >= 4 is 23.1 Å². The Labute approximate surface area is 69.2 Å². The van der Waals surface area contributed by atoms with E-state index in [1.165, 1.54) is 5.01 Å². The largest absolute Gasteiger partial charge is 0.249 e. The van der Waals surface area contributed by atoms with Gasteiger partial charge in [-0.15, -0.1) is 17.9 Å². The van der Waals surface area contributed by atoms with Gasteiger partial charge in [0.15, 0.2) is 0 Å². The minimum absolute atomic E-state index is 1.01. The Kier molecular flexibility index (Phi) is 3.54. The molecule has 10 heavy (non-hydrogen) atoms. The number of thioether (sulfide) groups is 1. The molecule has 54 valence electrons. The summed E-state index contributed by atoms with van der Waals surface area (Å²) in [5, 5.41) is 3.20. The first-order valence-electron chi connectivity index (χ1n) is 3.00. The average molecular weight is 171 g/mol. The molecule has 0 amide bonds. The Hall–Kier alpha value is -0.280. The molecule has 1 rings (SSSR count). The Morgan fingerprint density at radius 3 is 3.30 bits per heavy atom. The molecular formula is C7H9NS2. The average Bonchev–Trinajstić information content (AvgIpc) is 2.41. The summed E-state index contributed by atoms with van der Waals surface area (Å²) in [5.41, 5.74) is 0. The molecule has 1 aromatic rings. The smallest absolute Gasteiger partial charge is 0.102 e. The van der Waals surface area contributed by atoms with Crippen LogP contribution in [0.25, 0.3) is 0 Å². The molecule has 0 N–H and O–H groups in total. The molecule has 0 unspecified atom stereocenters. The second-order valence-electron chi connectivity index (χ2n) is 1.73. The van der Waals surface area contributed by atoms with Crippen molar-refractivity contribution in [3.8, 4) is 0 Å². The van der Waals surface area contributed by atoms with E-state index < -0.39 is 0 Å². The van der Waals surface area contributed by atoms with Gasteiger partial charge in [0.2, 0.25) is 0 Å². The molecule has 0 bridgehead atoms. The van der Waals surface area contributed by atoms with Gasteiger partial charge in [-0.1, -0.05) is 6.08 Å². The number of thiazole rings is 1. The summed E-state index contributed by atoms with van der Waals surface area (Å²) in [6.07, 6.45) is 3.76. The lowest BCUT2D eigenvalue weighted by molar-refractivity contribution is 1.27. The van der Waals surface area contributed by atoms with Crippen molar-refractivity contribution in [2.24, 2.45) is 0 Å². The maximum Gasteiger partial charge on any atom is 0.102 e. The molecule has 1 nitrogen and oxygen atoms in total. The van der Waals surface area contributed by atoms with E-state index in [4.69, 9.17) is 0 Å². The minimum atomic E-state index is 1.01. The number of hydrogen-bond acceptors (Lipinski definition) is 3. The van der Waals surface area contributed by atoms with Gasteiger partial charge in [0.25, 0.3) is 0 Å². The molecule has 0 fully saturated rings. The van der Waals surface area contributed by atoms with E-state index in [9.17, 15) is 0 Å². The summed E-state index contributed by atoms with van der Waals surface area (Å²) >= 11 is 3.55. The second-order valence-corrected chi connectivity index (χ2v) is 3.74. The number of rotatable bonds is 4. The summed E-state index contributed by atoms with van der Waals surface area (Å²) in [4.78, 5) is 4.15. The third kappa shape index (κ3) is 2.54. The fourth-order valence-electron chi connectivity index (χ4n) is 0.554. The monoisotopic (exact) mass is 171 g/mol. The van der Waals surface area contributed by atoms with Crippen LogP contribution < -0.4 is 0 Å². The highest BCUT2D eigenvalue weighted by atomic mass is 32.2. The number of nitrogens with zero attached hydrogens (tertiary/aromatic N) is 1. The van der Waals surface area contributed by atoms with Crippen LogP contribution in [0.4, 0.5) is 0 Å². The van der Waals surface area contributed by atoms with Crippen molar-refractivity contribution in [3.05, 3.63) is 29.2 Å². The Bertz CT molecular complexity index is 181. The van der Waals surface area contributed by atoms with E-state index in [2.05, 4.69) is 11.6 Å². The van der Waals surface area contributed by atoms with E-state index >= 15 is 0 Å². The third-order valence-electron chi connectivity index (χ3n) is 0.945. The van der Waals surface area contributed by atoms with Crippen LogP contribution in [0.2, 0.25) is 0 Å². The zero-order chi connectivity index (χ0) is 7.23. The van der Waals surface area contributed by atoms with Gasteiger partial charge in [-0.25, -0.2) is 4.98 Å². The molecule has 0 saturated heterocycles. The molecule has 0 aliphatic carbocycles. The number of aromatic nitrogens is 1. The van der Waals surface area contributed by atoms with E-state index in [0.29, 0.717) is 0 Å². The van der Waals surface area contributed by atoms with Crippen molar-refractivity contribution in [2.75, 3.05) is 5.75 Å². The molecule has 0 radical (unpaired) electrons. The first kappa shape index (κ1) is 7.82. The lowest BCUT2D eigenvalue weighted by Crippen LogP contribution is -1.76. The van der Waals surface area contributed by atoms with Gasteiger partial charge in [-0.2, -0.15) is 11.8 Å². The molecule has 1 aromatic heterocycles. The minimum Gasteiger partial charge on any atom is -0.249 e. The normalized spacial score (nSPS) is 9.60. The van der Waals surface area contributed by atoms with Crippen molar-refractivity contribution in [2.45, 2.75) is 5.75 Å². The van der Waals surface area contributed by atoms with Crippen molar-refractivity contribution in [3.63, 3.8) is 0 Å². The lowest BCUT2D eigenvalue weighted by atomic mass is 10.8. The molecule has 1 heterocycles. The summed E-state index contributed by atoms with van der Waals surface area (Å²) in [7, 11) is 0. The van der Waals surface area contributed by atoms with Gasteiger partial charge in [0, 0.05) is 23.1 Å². The van der Waals surface area contributed by atoms with E-state index in [1.54, 1.807) is 11.3 Å². The quantitative estimate of drug-likeness (QED) is 0.510. The molecule has 0 aliphatic rings. The predicted molar refractivity (Wildman–Crippen MR) is 48.5 cm³/mol. The molecular weight excluding hydrogens is 162 g/mol. The van der Waals surface area contributed by atoms with E-state index in [-0.39, 0.29) is 0 Å². The van der Waals surface area contributed by atoms with Gasteiger partial charge in [-0.05, 0) is 0 Å². The van der Waals surface area contributed by atoms with Crippen LogP contribution in [-0.2, 0) is 5.75 Å². The first-order valence-corrected chi connectivity index (χ1v) is 5.04. The predicted octanol–water partition coefficient (Wildman–Crippen LogP) is 2.56. The highest BCUT2D eigenvalue weighted by molar-refractivity contribution is 7.98. The van der Waals surface area contributed by atoms with Crippen LogP contribution in [0, 0.1) is 0 Å². The van der Waals surface area contributed by atoms with Gasteiger partial charge in [0.05, 0.1) is 0 Å². The Balaban J connectivity index is 2.21. The zero-order valence-electron chi connectivity index (χ0n) is 5.62. The van der Waals surface area contributed by atoms with Crippen LogP contribution >= 0.6 is 23.1 Å². The summed E-state index contributed by atoms with van der Waals surface area (Å²) in [6, 6.07) is 0. The summed E-state index contributed by atoms with van der Waals surface area (Å²) in [5.74, 6) is 2.03.